The van der Waals surface area contributed by atoms with Gasteiger partial charge in [-0.3, -0.25) is 9.69 Å². The van der Waals surface area contributed by atoms with Crippen LogP contribution in [-0.4, -0.2) is 30.3 Å². The van der Waals surface area contributed by atoms with Crippen molar-refractivity contribution in [3.8, 4) is 11.3 Å². The fourth-order valence-electron chi connectivity index (χ4n) is 2.86. The number of rotatable bonds is 5. The van der Waals surface area contributed by atoms with Gasteiger partial charge < -0.3 is 14.6 Å². The summed E-state index contributed by atoms with van der Waals surface area (Å²) in [7, 11) is 0. The lowest BCUT2D eigenvalue weighted by Gasteiger charge is -2.13. The molecule has 0 bridgehead atoms. The van der Waals surface area contributed by atoms with Gasteiger partial charge in [0.15, 0.2) is 5.76 Å². The Morgan fingerprint density at radius 3 is 2.59 bits per heavy atom. The largest absolute Gasteiger partial charge is 0.447 e. The fraction of sp³-hybridized carbons (Fsp3) is 0.150. The minimum atomic E-state index is -0.355. The van der Waals surface area contributed by atoms with Crippen molar-refractivity contribution in [2.24, 2.45) is 0 Å². The second-order valence-electron chi connectivity index (χ2n) is 6.09. The number of nitrogens with zero attached hydrogens (tertiary/aromatic N) is 2. The van der Waals surface area contributed by atoms with Gasteiger partial charge >= 0.3 is 6.09 Å². The van der Waals surface area contributed by atoms with Gasteiger partial charge in [0.2, 0.25) is 5.91 Å². The lowest BCUT2D eigenvalue weighted by Crippen LogP contribution is -2.23. The number of nitrogens with one attached hydrogen (secondary N) is 1. The topological polar surface area (TPSA) is 84.7 Å². The van der Waals surface area contributed by atoms with E-state index in [9.17, 15) is 9.59 Å². The van der Waals surface area contributed by atoms with E-state index < -0.39 is 0 Å². The lowest BCUT2D eigenvalue weighted by atomic mass is 10.1. The van der Waals surface area contributed by atoms with Crippen LogP contribution in [0.5, 0.6) is 0 Å². The molecule has 1 saturated heterocycles. The molecule has 1 aromatic heterocycles. The fourth-order valence-corrected chi connectivity index (χ4v) is 2.86. The molecular weight excluding hydrogens is 346 g/mol. The van der Waals surface area contributed by atoms with Crippen LogP contribution in [0.3, 0.4) is 0 Å². The predicted molar refractivity (Wildman–Crippen MR) is 99.4 cm³/mol. The van der Waals surface area contributed by atoms with E-state index in [0.29, 0.717) is 30.3 Å². The molecule has 1 N–H and O–H groups in total. The first kappa shape index (κ1) is 16.8. The molecule has 2 aromatic carbocycles. The van der Waals surface area contributed by atoms with Gasteiger partial charge in [-0.05, 0) is 24.3 Å². The summed E-state index contributed by atoms with van der Waals surface area (Å²) < 4.78 is 10.2. The van der Waals surface area contributed by atoms with Crippen molar-refractivity contribution >= 4 is 23.4 Å². The molecule has 0 unspecified atom stereocenters. The molecule has 7 nitrogen and oxygen atoms in total. The number of hydrogen-bond donors (Lipinski definition) is 1. The van der Waals surface area contributed by atoms with Crippen molar-refractivity contribution in [3.05, 3.63) is 66.4 Å². The summed E-state index contributed by atoms with van der Waals surface area (Å²) in [6, 6.07) is 18.4. The zero-order valence-corrected chi connectivity index (χ0v) is 14.4. The monoisotopic (exact) mass is 363 g/mol. The molecule has 7 heteroatoms. The van der Waals surface area contributed by atoms with Crippen molar-refractivity contribution in [1.29, 1.82) is 0 Å². The standard InChI is InChI=1S/C20H17N3O4/c24-19(13-16-12-18(27-22-16)14-4-2-1-3-5-14)21-15-6-8-17(9-7-15)23-10-11-26-20(23)25/h1-9,12H,10-11,13H2,(H,21,24). The molecule has 0 radical (unpaired) electrons. The van der Waals surface area contributed by atoms with E-state index in [-0.39, 0.29) is 18.4 Å². The number of carbonyl (C=O) groups excluding carboxylic acids is 2. The average Bonchev–Trinajstić information content (AvgIpc) is 3.32. The van der Waals surface area contributed by atoms with Gasteiger partial charge in [0, 0.05) is 23.0 Å². The maximum atomic E-state index is 12.2. The molecule has 2 heterocycles. The molecule has 0 aliphatic carbocycles. The smallest absolute Gasteiger partial charge is 0.414 e. The van der Waals surface area contributed by atoms with Crippen molar-refractivity contribution in [3.63, 3.8) is 0 Å². The number of aromatic nitrogens is 1. The molecule has 136 valence electrons. The molecule has 1 aliphatic rings. The van der Waals surface area contributed by atoms with Gasteiger partial charge in [0.25, 0.3) is 0 Å². The molecule has 1 aliphatic heterocycles. The average molecular weight is 363 g/mol. The van der Waals surface area contributed by atoms with E-state index >= 15 is 0 Å². The number of cyclic esters (lactones) is 1. The first-order valence-corrected chi connectivity index (χ1v) is 8.54. The van der Waals surface area contributed by atoms with Crippen LogP contribution in [0.1, 0.15) is 5.69 Å². The second-order valence-corrected chi connectivity index (χ2v) is 6.09. The second kappa shape index (κ2) is 7.33. The zero-order valence-electron chi connectivity index (χ0n) is 14.4. The Morgan fingerprint density at radius 1 is 1.11 bits per heavy atom. The summed E-state index contributed by atoms with van der Waals surface area (Å²) in [6.07, 6.45) is -0.247. The molecule has 0 saturated carbocycles. The van der Waals surface area contributed by atoms with E-state index in [4.69, 9.17) is 9.26 Å². The van der Waals surface area contributed by atoms with Crippen LogP contribution in [0, 0.1) is 0 Å². The van der Waals surface area contributed by atoms with Crippen LogP contribution in [-0.2, 0) is 16.0 Å². The molecule has 3 aromatic rings. The van der Waals surface area contributed by atoms with Gasteiger partial charge in [-0.2, -0.15) is 0 Å². The van der Waals surface area contributed by atoms with Gasteiger partial charge in [0.05, 0.1) is 18.7 Å². The maximum absolute atomic E-state index is 12.2. The van der Waals surface area contributed by atoms with E-state index in [0.717, 1.165) is 11.3 Å². The third-order valence-electron chi connectivity index (χ3n) is 4.18. The summed E-state index contributed by atoms with van der Waals surface area (Å²) in [5.41, 5.74) is 2.85. The minimum absolute atomic E-state index is 0.108. The molecule has 4 rings (SSSR count). The van der Waals surface area contributed by atoms with Crippen LogP contribution >= 0.6 is 0 Å². The Labute approximate surface area is 155 Å². The van der Waals surface area contributed by atoms with Crippen molar-refractivity contribution in [2.75, 3.05) is 23.4 Å². The summed E-state index contributed by atoms with van der Waals surface area (Å²) in [6.45, 7) is 0.917. The molecule has 2 amide bonds. The quantitative estimate of drug-likeness (QED) is 0.750. The Balaban J connectivity index is 1.37. The highest BCUT2D eigenvalue weighted by molar-refractivity contribution is 5.93. The van der Waals surface area contributed by atoms with Crippen LogP contribution < -0.4 is 10.2 Å². The van der Waals surface area contributed by atoms with Gasteiger partial charge in [-0.15, -0.1) is 0 Å². The minimum Gasteiger partial charge on any atom is -0.447 e. The summed E-state index contributed by atoms with van der Waals surface area (Å²) >= 11 is 0. The molecular formula is C20H17N3O4. The number of anilines is 2. The van der Waals surface area contributed by atoms with E-state index in [2.05, 4.69) is 10.5 Å². The highest BCUT2D eigenvalue weighted by atomic mass is 16.6. The Hall–Kier alpha value is -3.61. The number of hydrogen-bond acceptors (Lipinski definition) is 5. The summed E-state index contributed by atoms with van der Waals surface area (Å²) in [4.78, 5) is 25.4. The van der Waals surface area contributed by atoms with E-state index in [1.807, 2.05) is 30.3 Å². The number of ether oxygens (including phenoxy) is 1. The highest BCUT2D eigenvalue weighted by Gasteiger charge is 2.23. The van der Waals surface area contributed by atoms with Crippen molar-refractivity contribution in [1.82, 2.24) is 5.16 Å². The summed E-state index contributed by atoms with van der Waals surface area (Å²) in [5, 5.41) is 6.77. The van der Waals surface area contributed by atoms with Gasteiger partial charge in [-0.25, -0.2) is 4.79 Å². The molecule has 0 spiro atoms. The third kappa shape index (κ3) is 3.82. The maximum Gasteiger partial charge on any atom is 0.414 e. The van der Waals surface area contributed by atoms with Gasteiger partial charge in [0.1, 0.15) is 6.61 Å². The SMILES string of the molecule is O=C(Cc1cc(-c2ccccc2)on1)Nc1ccc(N2CCOC2=O)cc1. The summed E-state index contributed by atoms with van der Waals surface area (Å²) in [5.74, 6) is 0.427. The molecule has 1 fully saturated rings. The first-order chi connectivity index (χ1) is 13.2. The first-order valence-electron chi connectivity index (χ1n) is 8.54. The van der Waals surface area contributed by atoms with E-state index in [1.54, 1.807) is 35.2 Å². The van der Waals surface area contributed by atoms with Crippen LogP contribution in [0.2, 0.25) is 0 Å². The Kier molecular flexibility index (Phi) is 4.57. The Morgan fingerprint density at radius 2 is 1.89 bits per heavy atom. The van der Waals surface area contributed by atoms with Crippen LogP contribution in [0.25, 0.3) is 11.3 Å². The molecule has 0 atom stereocenters. The lowest BCUT2D eigenvalue weighted by molar-refractivity contribution is -0.115. The number of amides is 2. The normalized spacial score (nSPS) is 13.5. The van der Waals surface area contributed by atoms with E-state index in [1.165, 1.54) is 0 Å². The number of benzene rings is 2. The van der Waals surface area contributed by atoms with Crippen LogP contribution in [0.4, 0.5) is 16.2 Å². The zero-order chi connectivity index (χ0) is 18.6. The molecule has 27 heavy (non-hydrogen) atoms. The predicted octanol–water partition coefficient (Wildman–Crippen LogP) is 3.48. The Bertz CT molecular complexity index is 951. The number of carbonyl (C=O) groups is 2. The van der Waals surface area contributed by atoms with Crippen molar-refractivity contribution in [2.45, 2.75) is 6.42 Å². The third-order valence-corrected chi connectivity index (χ3v) is 4.18. The van der Waals surface area contributed by atoms with Crippen molar-refractivity contribution < 1.29 is 18.8 Å². The highest BCUT2D eigenvalue weighted by Crippen LogP contribution is 2.22. The van der Waals surface area contributed by atoms with Crippen LogP contribution in [0.15, 0.2) is 65.2 Å². The van der Waals surface area contributed by atoms with Gasteiger partial charge in [-0.1, -0.05) is 35.5 Å².